The number of pyridine rings is 1. The van der Waals surface area contributed by atoms with Gasteiger partial charge < -0.3 is 5.73 Å². The number of hydrogen-bond donors (Lipinski definition) is 1. The molecule has 0 aliphatic heterocycles. The molecule has 15 heavy (non-hydrogen) atoms. The van der Waals surface area contributed by atoms with Gasteiger partial charge in [-0.2, -0.15) is 0 Å². The Hall–Kier alpha value is -0.710. The topological polar surface area (TPSA) is 38.9 Å². The lowest BCUT2D eigenvalue weighted by Gasteiger charge is -2.05. The summed E-state index contributed by atoms with van der Waals surface area (Å²) in [5.41, 5.74) is 6.21. The molecule has 0 saturated carbocycles. The summed E-state index contributed by atoms with van der Waals surface area (Å²) in [6.07, 6.45) is 1.67. The number of aromatic nitrogens is 1. The maximum atomic E-state index is 5.92. The van der Waals surface area contributed by atoms with Crippen molar-refractivity contribution in [2.75, 3.05) is 0 Å². The minimum Gasteiger partial charge on any atom is -0.388 e. The Bertz CT molecular complexity index is 556. The highest BCUT2D eigenvalue weighted by Crippen LogP contribution is 2.27. The van der Waals surface area contributed by atoms with Crippen LogP contribution < -0.4 is 5.73 Å². The summed E-state index contributed by atoms with van der Waals surface area (Å²) in [5.74, 6) is 0. The van der Waals surface area contributed by atoms with E-state index in [0.29, 0.717) is 10.7 Å². The fourth-order valence-electron chi connectivity index (χ4n) is 1.38. The minimum absolute atomic E-state index is 0.287. The molecule has 0 unspecified atom stereocenters. The van der Waals surface area contributed by atoms with Gasteiger partial charge in [-0.25, -0.2) is 0 Å². The van der Waals surface area contributed by atoms with Crippen LogP contribution in [0.2, 0.25) is 5.02 Å². The molecule has 1 heterocycles. The van der Waals surface area contributed by atoms with E-state index in [1.54, 1.807) is 12.3 Å². The van der Waals surface area contributed by atoms with Gasteiger partial charge in [0.05, 0.1) is 0 Å². The van der Waals surface area contributed by atoms with Crippen LogP contribution in [-0.4, -0.2) is 9.97 Å². The van der Waals surface area contributed by atoms with Crippen LogP contribution in [0.5, 0.6) is 0 Å². The van der Waals surface area contributed by atoms with E-state index in [2.05, 4.69) is 20.9 Å². The first-order valence-electron chi connectivity index (χ1n) is 4.13. The first kappa shape index (κ1) is 10.8. The molecule has 0 fully saturated rings. The molecule has 1 aromatic heterocycles. The first-order chi connectivity index (χ1) is 7.09. The summed E-state index contributed by atoms with van der Waals surface area (Å²) in [5, 5.41) is 2.53. The van der Waals surface area contributed by atoms with E-state index in [1.807, 2.05) is 12.1 Å². The quantitative estimate of drug-likeness (QED) is 0.822. The highest BCUT2D eigenvalue weighted by molar-refractivity contribution is 9.10. The second-order valence-electron chi connectivity index (χ2n) is 3.01. The van der Waals surface area contributed by atoms with Crippen LogP contribution in [-0.2, 0) is 0 Å². The average molecular weight is 302 g/mol. The second kappa shape index (κ2) is 4.04. The molecule has 1 aromatic carbocycles. The van der Waals surface area contributed by atoms with Gasteiger partial charge in [0.25, 0.3) is 0 Å². The second-order valence-corrected chi connectivity index (χ2v) is 4.74. The number of benzene rings is 1. The lowest BCUT2D eigenvalue weighted by Crippen LogP contribution is -2.12. The van der Waals surface area contributed by atoms with Gasteiger partial charge in [-0.15, -0.1) is 0 Å². The van der Waals surface area contributed by atoms with Crippen LogP contribution in [0.3, 0.4) is 0 Å². The van der Waals surface area contributed by atoms with Crippen LogP contribution in [0.15, 0.2) is 28.9 Å². The molecule has 0 aliphatic rings. The van der Waals surface area contributed by atoms with Crippen molar-refractivity contribution in [1.82, 2.24) is 4.98 Å². The average Bonchev–Trinajstić information content (AvgIpc) is 2.19. The van der Waals surface area contributed by atoms with Crippen molar-refractivity contribution in [3.8, 4) is 0 Å². The molecule has 0 atom stereocenters. The Balaban J connectivity index is 2.88. The zero-order valence-electron chi connectivity index (χ0n) is 7.50. The van der Waals surface area contributed by atoms with Crippen molar-refractivity contribution in [2.45, 2.75) is 0 Å². The third-order valence-electron chi connectivity index (χ3n) is 2.03. The summed E-state index contributed by atoms with van der Waals surface area (Å²) >= 11 is 14.3. The molecule has 2 rings (SSSR count). The van der Waals surface area contributed by atoms with Crippen molar-refractivity contribution in [2.24, 2.45) is 5.73 Å². The number of nitrogens with two attached hydrogens (primary N) is 1. The van der Waals surface area contributed by atoms with Crippen molar-refractivity contribution < 1.29 is 0 Å². The summed E-state index contributed by atoms with van der Waals surface area (Å²) < 4.78 is 0.875. The van der Waals surface area contributed by atoms with Gasteiger partial charge in [-0.05, 0) is 28.1 Å². The van der Waals surface area contributed by atoms with Gasteiger partial charge in [0.2, 0.25) is 0 Å². The molecule has 0 amide bonds. The predicted octanol–water partition coefficient (Wildman–Crippen LogP) is 3.28. The first-order valence-corrected chi connectivity index (χ1v) is 5.71. The summed E-state index contributed by atoms with van der Waals surface area (Å²) in [4.78, 5) is 4.47. The molecule has 0 saturated heterocycles. The number of fused-ring (bicyclic) bond motifs is 1. The molecule has 76 valence electrons. The molecule has 0 radical (unpaired) electrons. The molecule has 2 aromatic rings. The number of halogens is 2. The van der Waals surface area contributed by atoms with E-state index in [9.17, 15) is 0 Å². The zero-order valence-corrected chi connectivity index (χ0v) is 10.7. The zero-order chi connectivity index (χ0) is 11.0. The Morgan fingerprint density at radius 1 is 1.40 bits per heavy atom. The highest BCUT2D eigenvalue weighted by atomic mass is 79.9. The normalized spacial score (nSPS) is 10.5. The standard InChI is InChI=1S/C10H6BrClN2S/c11-8-4-14-9(10(13)15)6-2-1-5(12)3-7(6)8/h1-4H,(H2,13,15). The Kier molecular flexibility index (Phi) is 2.91. The largest absolute Gasteiger partial charge is 0.388 e. The Labute approximate surface area is 106 Å². The third-order valence-corrected chi connectivity index (χ3v) is 3.09. The summed E-state index contributed by atoms with van der Waals surface area (Å²) in [6, 6.07) is 5.51. The van der Waals surface area contributed by atoms with Gasteiger partial charge >= 0.3 is 0 Å². The number of nitrogens with zero attached hydrogens (tertiary/aromatic N) is 1. The molecule has 0 bridgehead atoms. The number of rotatable bonds is 1. The van der Waals surface area contributed by atoms with E-state index in [1.165, 1.54) is 0 Å². The van der Waals surface area contributed by atoms with Gasteiger partial charge in [0.15, 0.2) is 0 Å². The molecular weight excluding hydrogens is 296 g/mol. The third kappa shape index (κ3) is 1.97. The van der Waals surface area contributed by atoms with Gasteiger partial charge in [-0.3, -0.25) is 4.98 Å². The highest BCUT2D eigenvalue weighted by Gasteiger charge is 2.08. The van der Waals surface area contributed by atoms with Crippen LogP contribution in [0.1, 0.15) is 5.69 Å². The molecular formula is C10H6BrClN2S. The van der Waals surface area contributed by atoms with Crippen molar-refractivity contribution >= 4 is 55.5 Å². The van der Waals surface area contributed by atoms with Crippen LogP contribution in [0.25, 0.3) is 10.8 Å². The molecule has 5 heteroatoms. The van der Waals surface area contributed by atoms with E-state index in [0.717, 1.165) is 15.2 Å². The van der Waals surface area contributed by atoms with Gasteiger partial charge in [-0.1, -0.05) is 29.9 Å². The van der Waals surface area contributed by atoms with Crippen molar-refractivity contribution in [3.63, 3.8) is 0 Å². The van der Waals surface area contributed by atoms with Crippen LogP contribution in [0.4, 0.5) is 0 Å². The monoisotopic (exact) mass is 300 g/mol. The van der Waals surface area contributed by atoms with E-state index >= 15 is 0 Å². The van der Waals surface area contributed by atoms with Crippen LogP contribution >= 0.6 is 39.7 Å². The van der Waals surface area contributed by atoms with E-state index in [-0.39, 0.29) is 4.99 Å². The van der Waals surface area contributed by atoms with E-state index < -0.39 is 0 Å². The minimum atomic E-state index is 0.287. The smallest absolute Gasteiger partial charge is 0.123 e. The Morgan fingerprint density at radius 3 is 2.80 bits per heavy atom. The summed E-state index contributed by atoms with van der Waals surface area (Å²) in [7, 11) is 0. The maximum absolute atomic E-state index is 5.92. The lowest BCUT2D eigenvalue weighted by molar-refractivity contribution is 1.31. The fraction of sp³-hybridized carbons (Fsp3) is 0. The number of thiocarbonyl (C=S) groups is 1. The van der Waals surface area contributed by atoms with E-state index in [4.69, 9.17) is 29.6 Å². The van der Waals surface area contributed by atoms with Crippen molar-refractivity contribution in [3.05, 3.63) is 39.6 Å². The molecule has 2 N–H and O–H groups in total. The SMILES string of the molecule is NC(=S)c1ncc(Br)c2cc(Cl)ccc12. The lowest BCUT2D eigenvalue weighted by atomic mass is 10.1. The predicted molar refractivity (Wildman–Crippen MR) is 70.3 cm³/mol. The number of hydrogen-bond acceptors (Lipinski definition) is 2. The maximum Gasteiger partial charge on any atom is 0.123 e. The Morgan fingerprint density at radius 2 is 2.13 bits per heavy atom. The summed E-state index contributed by atoms with van der Waals surface area (Å²) in [6.45, 7) is 0. The van der Waals surface area contributed by atoms with Gasteiger partial charge in [0.1, 0.15) is 10.7 Å². The van der Waals surface area contributed by atoms with Gasteiger partial charge in [0, 0.05) is 26.5 Å². The van der Waals surface area contributed by atoms with Crippen LogP contribution in [0, 0.1) is 0 Å². The molecule has 2 nitrogen and oxygen atoms in total. The van der Waals surface area contributed by atoms with Crippen molar-refractivity contribution in [1.29, 1.82) is 0 Å². The fourth-order valence-corrected chi connectivity index (χ4v) is 2.14. The molecule has 0 aliphatic carbocycles. The molecule has 0 spiro atoms.